The van der Waals surface area contributed by atoms with Gasteiger partial charge < -0.3 is 155 Å². The maximum atomic E-state index is 12.4. The second-order valence-electron chi connectivity index (χ2n) is 19.0. The minimum absolute atomic E-state index is 0.000933. The molecule has 75 heavy (non-hydrogen) atoms. The zero-order valence-corrected chi connectivity index (χ0v) is 39.8. The predicted octanol–water partition coefficient (Wildman–Crippen LogP) is -12.1. The Morgan fingerprint density at radius 2 is 0.747 bits per heavy atom. The number of aliphatic carboxylic acids is 2. The molecule has 6 fully saturated rings. The van der Waals surface area contributed by atoms with Crippen molar-refractivity contribution >= 4 is 11.9 Å². The van der Waals surface area contributed by atoms with Gasteiger partial charge in [-0.2, -0.15) is 0 Å². The molecule has 0 radical (unpaired) electrons. The smallest absolute Gasteiger partial charge is 0.335 e. The molecule has 0 amide bonds. The van der Waals surface area contributed by atoms with E-state index < -0.39 is 229 Å². The van der Waals surface area contributed by atoms with Gasteiger partial charge in [0.05, 0.1) is 38.6 Å². The zero-order valence-electron chi connectivity index (χ0n) is 39.8. The molecule has 0 aromatic rings. The van der Waals surface area contributed by atoms with Gasteiger partial charge in [-0.25, -0.2) is 9.59 Å². The number of carboxylic acid groups (broad SMARTS) is 2. The lowest BCUT2D eigenvalue weighted by Crippen LogP contribution is -2.68. The molecule has 6 aliphatic heterocycles. The van der Waals surface area contributed by atoms with Crippen LogP contribution in [0, 0.1) is 5.92 Å². The molecular formula is C42H71NO32. The molecule has 33 heteroatoms. The first-order valence-corrected chi connectivity index (χ1v) is 24.2. The summed E-state index contributed by atoms with van der Waals surface area (Å²) < 4.78 is 60.9. The van der Waals surface area contributed by atoms with Crippen molar-refractivity contribution in [2.45, 2.75) is 204 Å². The standard InChI is InChI=1S/C42H71NO32/c43-4-2-1-3-5-65-38-26(57)24(55)34(35(75-38)37(63)64)74-41-29(60)23(54)32(15(9-46)69-41)72-39-27(58)21(52)31(14(8-45)67-39)71-40-28(59)22(53)33(16(10-47)68-40)73-42-25(56)17(48)11(30(70-42)36(61)62)6-12-18(49)20(51)19(50)13(7-44)66-12/h11-35,38-42,44-60H,1-10,43H2,(H,61,62)(H,63,64). The molecule has 6 rings (SSSR count). The molecule has 0 spiro atoms. The van der Waals surface area contributed by atoms with Crippen LogP contribution in [-0.2, 0) is 61.7 Å². The first-order valence-electron chi connectivity index (χ1n) is 24.2. The van der Waals surface area contributed by atoms with Crippen LogP contribution in [0.5, 0.6) is 0 Å². The van der Waals surface area contributed by atoms with Gasteiger partial charge >= 0.3 is 11.9 Å². The third-order valence-electron chi connectivity index (χ3n) is 14.0. The minimum Gasteiger partial charge on any atom is -0.479 e. The van der Waals surface area contributed by atoms with Crippen LogP contribution in [0.3, 0.4) is 0 Å². The van der Waals surface area contributed by atoms with Gasteiger partial charge in [0.2, 0.25) is 0 Å². The van der Waals surface area contributed by atoms with Gasteiger partial charge in [0, 0.05) is 12.5 Å². The molecule has 6 saturated heterocycles. The summed E-state index contributed by atoms with van der Waals surface area (Å²) in [6.07, 6.45) is -55.7. The lowest BCUT2D eigenvalue weighted by molar-refractivity contribution is -0.391. The van der Waals surface area contributed by atoms with Crippen LogP contribution in [-0.4, -0.2) is 326 Å². The molecular weight excluding hydrogens is 1030 g/mol. The summed E-state index contributed by atoms with van der Waals surface area (Å²) in [6, 6.07) is 0. The topological polar surface area (TPSA) is 546 Å². The first kappa shape index (κ1) is 62.0. The number of carboxylic acids is 2. The van der Waals surface area contributed by atoms with Crippen LogP contribution in [0.15, 0.2) is 0 Å². The van der Waals surface area contributed by atoms with Crippen LogP contribution in [0.25, 0.3) is 0 Å². The quantitative estimate of drug-likeness (QED) is 0.0448. The summed E-state index contributed by atoms with van der Waals surface area (Å²) in [5.74, 6) is -5.06. The number of ether oxygens (including phenoxy) is 11. The first-order chi connectivity index (χ1) is 35.5. The molecule has 33 nitrogen and oxygen atoms in total. The average molecular weight is 1100 g/mol. The lowest BCUT2D eigenvalue weighted by Gasteiger charge is -2.49. The number of carbonyl (C=O) groups is 2. The van der Waals surface area contributed by atoms with Crippen LogP contribution >= 0.6 is 0 Å². The predicted molar refractivity (Wildman–Crippen MR) is 230 cm³/mol. The highest BCUT2D eigenvalue weighted by Gasteiger charge is 2.58. The van der Waals surface area contributed by atoms with Crippen molar-refractivity contribution in [1.82, 2.24) is 0 Å². The van der Waals surface area contributed by atoms with Crippen molar-refractivity contribution in [3.8, 4) is 0 Å². The summed E-state index contributed by atoms with van der Waals surface area (Å²) in [7, 11) is 0. The van der Waals surface area contributed by atoms with Gasteiger partial charge in [-0.1, -0.05) is 0 Å². The Labute approximate surface area is 425 Å². The van der Waals surface area contributed by atoms with E-state index in [-0.39, 0.29) is 6.61 Å². The van der Waals surface area contributed by atoms with Crippen LogP contribution in [0.1, 0.15) is 25.7 Å². The third kappa shape index (κ3) is 13.5. The second-order valence-corrected chi connectivity index (χ2v) is 19.0. The fraction of sp³-hybridized carbons (Fsp3) is 0.952. The average Bonchev–Trinajstić information content (AvgIpc) is 3.38. The van der Waals surface area contributed by atoms with Gasteiger partial charge in [-0.05, 0) is 32.2 Å². The molecule has 436 valence electrons. The normalized spacial score (nSPS) is 48.8. The number of hydrogen-bond donors (Lipinski definition) is 20. The Hall–Kier alpha value is -2.22. The number of unbranched alkanes of at least 4 members (excludes halogenated alkanes) is 2. The van der Waals surface area contributed by atoms with Gasteiger partial charge in [-0.15, -0.1) is 0 Å². The lowest BCUT2D eigenvalue weighted by atomic mass is 9.81. The van der Waals surface area contributed by atoms with E-state index in [1.165, 1.54) is 0 Å². The van der Waals surface area contributed by atoms with E-state index in [0.29, 0.717) is 25.8 Å². The highest BCUT2D eigenvalue weighted by atomic mass is 16.8. The molecule has 0 aliphatic carbocycles. The molecule has 0 bridgehead atoms. The summed E-state index contributed by atoms with van der Waals surface area (Å²) in [5.41, 5.74) is 5.47. The molecule has 0 saturated carbocycles. The van der Waals surface area contributed by atoms with E-state index in [2.05, 4.69) is 0 Å². The van der Waals surface area contributed by atoms with Gasteiger partial charge in [0.1, 0.15) is 122 Å². The van der Waals surface area contributed by atoms with Crippen LogP contribution in [0.2, 0.25) is 0 Å². The van der Waals surface area contributed by atoms with E-state index in [1.807, 2.05) is 0 Å². The van der Waals surface area contributed by atoms with Gasteiger partial charge in [0.15, 0.2) is 43.7 Å². The molecule has 30 unspecified atom stereocenters. The van der Waals surface area contributed by atoms with Crippen molar-refractivity contribution < 1.29 is 159 Å². The highest BCUT2D eigenvalue weighted by Crippen LogP contribution is 2.38. The molecule has 30 atom stereocenters. The number of aliphatic hydroxyl groups excluding tert-OH is 17. The van der Waals surface area contributed by atoms with Crippen molar-refractivity contribution in [1.29, 1.82) is 0 Å². The molecule has 6 heterocycles. The Kier molecular flexibility index (Phi) is 22.6. The number of nitrogens with two attached hydrogens (primary N) is 1. The van der Waals surface area contributed by atoms with Crippen molar-refractivity contribution in [2.24, 2.45) is 11.7 Å². The number of hydrogen-bond acceptors (Lipinski definition) is 31. The van der Waals surface area contributed by atoms with Crippen molar-refractivity contribution in [2.75, 3.05) is 39.6 Å². The maximum Gasteiger partial charge on any atom is 0.335 e. The summed E-state index contributed by atoms with van der Waals surface area (Å²) in [4.78, 5) is 24.6. The maximum absolute atomic E-state index is 12.4. The molecule has 21 N–H and O–H groups in total. The Morgan fingerprint density at radius 3 is 1.17 bits per heavy atom. The fourth-order valence-corrected chi connectivity index (χ4v) is 9.74. The summed E-state index contributed by atoms with van der Waals surface area (Å²) in [6.45, 7) is -3.60. The third-order valence-corrected chi connectivity index (χ3v) is 14.0. The highest BCUT2D eigenvalue weighted by molar-refractivity contribution is 5.73. The molecule has 0 aromatic heterocycles. The molecule has 6 aliphatic rings. The Balaban J connectivity index is 1.07. The van der Waals surface area contributed by atoms with E-state index in [4.69, 9.17) is 57.8 Å². The number of aliphatic hydroxyl groups is 17. The largest absolute Gasteiger partial charge is 0.479 e. The van der Waals surface area contributed by atoms with E-state index in [9.17, 15) is 107 Å². The summed E-state index contributed by atoms with van der Waals surface area (Å²) in [5, 5.41) is 202. The monoisotopic (exact) mass is 1100 g/mol. The van der Waals surface area contributed by atoms with E-state index in [1.54, 1.807) is 0 Å². The zero-order chi connectivity index (χ0) is 55.3. The minimum atomic E-state index is -2.24. The van der Waals surface area contributed by atoms with E-state index >= 15 is 0 Å². The van der Waals surface area contributed by atoms with Crippen LogP contribution < -0.4 is 5.73 Å². The molecule has 0 aromatic carbocycles. The Morgan fingerprint density at radius 1 is 0.373 bits per heavy atom. The Bertz CT molecular complexity index is 1770. The van der Waals surface area contributed by atoms with Crippen LogP contribution in [0.4, 0.5) is 0 Å². The van der Waals surface area contributed by atoms with Gasteiger partial charge in [-0.3, -0.25) is 0 Å². The second kappa shape index (κ2) is 27.3. The van der Waals surface area contributed by atoms with Crippen molar-refractivity contribution in [3.63, 3.8) is 0 Å². The SMILES string of the molecule is NCCCCCOC1OC(C(=O)O)C(OC2OC(CO)C(OC3OC(CO)C(OC4OC(CO)C(OC5OC(C(=O)O)C(CC6OC(CO)C(O)C(O)C6O)C(O)C5O)C(O)C4O)C(O)C3O)C(O)C2O)C(O)C1O. The van der Waals surface area contributed by atoms with Crippen molar-refractivity contribution in [3.05, 3.63) is 0 Å². The summed E-state index contributed by atoms with van der Waals surface area (Å²) >= 11 is 0. The fourth-order valence-electron chi connectivity index (χ4n) is 9.74. The van der Waals surface area contributed by atoms with Gasteiger partial charge in [0.25, 0.3) is 0 Å². The van der Waals surface area contributed by atoms with E-state index in [0.717, 1.165) is 0 Å². The number of rotatable bonds is 22.